The van der Waals surface area contributed by atoms with E-state index in [0.717, 1.165) is 40.6 Å². The van der Waals surface area contributed by atoms with Gasteiger partial charge in [-0.2, -0.15) is 0 Å². The molecular weight excluding hydrogens is 387 g/mol. The number of pyridine rings is 1. The Balaban J connectivity index is 1.37. The highest BCUT2D eigenvalue weighted by atomic mass is 32.2. The molecule has 0 unspecified atom stereocenters. The number of fused-ring (bicyclic) bond motifs is 3. The number of nitrogens with zero attached hydrogens (tertiary/aromatic N) is 1. The highest BCUT2D eigenvalue weighted by molar-refractivity contribution is 7.91. The quantitative estimate of drug-likeness (QED) is 0.647. The van der Waals surface area contributed by atoms with Gasteiger partial charge in [0.15, 0.2) is 9.84 Å². The molecule has 0 amide bonds. The van der Waals surface area contributed by atoms with Gasteiger partial charge in [-0.3, -0.25) is 0 Å². The maximum Gasteiger partial charge on any atom is 0.552 e. The Hall–Kier alpha value is -2.58. The number of allylic oxidation sites excluding steroid dienone is 1. The van der Waals surface area contributed by atoms with Gasteiger partial charge in [-0.25, -0.2) is 13.4 Å². The highest BCUT2D eigenvalue weighted by Gasteiger charge is 2.39. The van der Waals surface area contributed by atoms with E-state index < -0.39 is 17.0 Å². The third-order valence-corrected chi connectivity index (χ3v) is 7.77. The molecule has 1 aliphatic heterocycles. The summed E-state index contributed by atoms with van der Waals surface area (Å²) < 4.78 is 31.1. The van der Waals surface area contributed by atoms with Gasteiger partial charge in [0.25, 0.3) is 0 Å². The molecule has 0 saturated heterocycles. The van der Waals surface area contributed by atoms with Gasteiger partial charge in [0.1, 0.15) is 11.4 Å². The average molecular weight is 408 g/mol. The second-order valence-corrected chi connectivity index (χ2v) is 10.0. The molecule has 2 aliphatic rings. The Labute approximate surface area is 169 Å². The second-order valence-electron chi connectivity index (χ2n) is 8.00. The minimum absolute atomic E-state index is 0.110. The van der Waals surface area contributed by atoms with Gasteiger partial charge >= 0.3 is 7.12 Å². The molecule has 148 valence electrons. The van der Waals surface area contributed by atoms with Gasteiger partial charge in [-0.1, -0.05) is 12.1 Å². The summed E-state index contributed by atoms with van der Waals surface area (Å²) in [6, 6.07) is 9.04. The monoisotopic (exact) mass is 408 g/mol. The van der Waals surface area contributed by atoms with Crippen LogP contribution in [0.3, 0.4) is 0 Å². The molecule has 1 fully saturated rings. The van der Waals surface area contributed by atoms with Crippen molar-refractivity contribution < 1.29 is 18.1 Å². The molecule has 8 heteroatoms. The Morgan fingerprint density at radius 2 is 2.14 bits per heavy atom. The summed E-state index contributed by atoms with van der Waals surface area (Å²) in [4.78, 5) is 7.83. The Bertz CT molecular complexity index is 1230. The van der Waals surface area contributed by atoms with Gasteiger partial charge in [0, 0.05) is 17.1 Å². The second kappa shape index (κ2) is 6.74. The van der Waals surface area contributed by atoms with Crippen molar-refractivity contribution in [3.63, 3.8) is 0 Å². The number of aromatic nitrogens is 2. The number of H-pyrrole nitrogens is 1. The molecule has 0 bridgehead atoms. The van der Waals surface area contributed by atoms with Crippen LogP contribution in [0.4, 0.5) is 0 Å². The molecule has 1 aromatic carbocycles. The normalized spacial score (nSPS) is 21.3. The van der Waals surface area contributed by atoms with Crippen molar-refractivity contribution in [3.05, 3.63) is 59.8 Å². The molecule has 2 N–H and O–H groups in total. The number of hydrogen-bond donors (Lipinski definition) is 2. The maximum atomic E-state index is 12.8. The summed E-state index contributed by atoms with van der Waals surface area (Å²) in [5.41, 5.74) is 3.69. The van der Waals surface area contributed by atoms with E-state index in [1.165, 1.54) is 0 Å². The molecule has 1 aliphatic carbocycles. The Morgan fingerprint density at radius 3 is 2.93 bits per heavy atom. The lowest BCUT2D eigenvalue weighted by atomic mass is 9.66. The van der Waals surface area contributed by atoms with Crippen molar-refractivity contribution in [1.29, 1.82) is 0 Å². The molecule has 29 heavy (non-hydrogen) atoms. The van der Waals surface area contributed by atoms with E-state index in [4.69, 9.17) is 4.65 Å². The van der Waals surface area contributed by atoms with E-state index in [1.54, 1.807) is 30.4 Å². The molecule has 0 radical (unpaired) electrons. The van der Waals surface area contributed by atoms with Crippen LogP contribution in [0.15, 0.2) is 53.6 Å². The van der Waals surface area contributed by atoms with Gasteiger partial charge in [-0.15, -0.1) is 0 Å². The molecule has 1 saturated carbocycles. The van der Waals surface area contributed by atoms with Crippen LogP contribution >= 0.6 is 0 Å². The topological polar surface area (TPSA) is 92.3 Å². The Morgan fingerprint density at radius 1 is 1.31 bits per heavy atom. The standard InChI is InChI=1S/C21H21BN2O4S/c1-13-3-2-4-16(7-13)29(26,27)12-14-8-15(9-14)18-10-22(25)28-19-11-24-21-17(20(18)19)5-6-23-21/h2-7,10-11,14-15,25H,8-9,12H2,1H3,(H,23,24). The summed E-state index contributed by atoms with van der Waals surface area (Å²) in [5.74, 6) is 2.77. The summed E-state index contributed by atoms with van der Waals surface area (Å²) in [5, 5.41) is 11.1. The molecule has 0 spiro atoms. The average Bonchev–Trinajstić information content (AvgIpc) is 3.12. The molecule has 6 nitrogen and oxygen atoms in total. The van der Waals surface area contributed by atoms with E-state index in [0.29, 0.717) is 10.6 Å². The number of aryl methyl sites for hydroxylation is 1. The van der Waals surface area contributed by atoms with Crippen LogP contribution in [0, 0.1) is 18.8 Å². The van der Waals surface area contributed by atoms with Crippen molar-refractivity contribution in [2.45, 2.75) is 24.7 Å². The van der Waals surface area contributed by atoms with Gasteiger partial charge in [0.2, 0.25) is 0 Å². The lowest BCUT2D eigenvalue weighted by molar-refractivity contribution is 0.273. The number of nitrogens with one attached hydrogen (secondary N) is 1. The van der Waals surface area contributed by atoms with Crippen LogP contribution in [0.2, 0.25) is 0 Å². The third kappa shape index (κ3) is 3.26. The number of hydrogen-bond acceptors (Lipinski definition) is 5. The van der Waals surface area contributed by atoms with Crippen LogP contribution in [-0.4, -0.2) is 36.3 Å². The van der Waals surface area contributed by atoms with Crippen LogP contribution in [-0.2, 0) is 9.84 Å². The van der Waals surface area contributed by atoms with E-state index in [9.17, 15) is 13.4 Å². The van der Waals surface area contributed by atoms with E-state index >= 15 is 0 Å². The lowest BCUT2D eigenvalue weighted by Gasteiger charge is -2.38. The van der Waals surface area contributed by atoms with E-state index in [-0.39, 0.29) is 17.6 Å². The van der Waals surface area contributed by atoms with E-state index in [2.05, 4.69) is 9.97 Å². The van der Waals surface area contributed by atoms with E-state index in [1.807, 2.05) is 25.3 Å². The zero-order valence-electron chi connectivity index (χ0n) is 16.0. The largest absolute Gasteiger partial charge is 0.552 e. The fourth-order valence-electron chi connectivity index (χ4n) is 4.46. The summed E-state index contributed by atoms with van der Waals surface area (Å²) in [7, 11) is -4.31. The molecular formula is C21H21BN2O4S. The van der Waals surface area contributed by atoms with Gasteiger partial charge in [-0.05, 0) is 66.9 Å². The first kappa shape index (κ1) is 18.5. The zero-order valence-corrected chi connectivity index (χ0v) is 16.8. The van der Waals surface area contributed by atoms with Crippen molar-refractivity contribution >= 4 is 33.6 Å². The zero-order chi connectivity index (χ0) is 20.2. The van der Waals surface area contributed by atoms with Crippen molar-refractivity contribution in [3.8, 4) is 5.75 Å². The van der Waals surface area contributed by atoms with Crippen LogP contribution in [0.1, 0.15) is 24.0 Å². The lowest BCUT2D eigenvalue weighted by Crippen LogP contribution is -2.33. The first-order valence-corrected chi connectivity index (χ1v) is 11.4. The predicted molar refractivity (Wildman–Crippen MR) is 112 cm³/mol. The van der Waals surface area contributed by atoms with Crippen LogP contribution in [0.5, 0.6) is 5.75 Å². The minimum Gasteiger partial charge on any atom is -0.531 e. The summed E-state index contributed by atoms with van der Waals surface area (Å²) >= 11 is 0. The minimum atomic E-state index is -3.30. The van der Waals surface area contributed by atoms with Crippen molar-refractivity contribution in [1.82, 2.24) is 9.97 Å². The first-order valence-electron chi connectivity index (χ1n) is 9.73. The summed E-state index contributed by atoms with van der Waals surface area (Å²) in [6.45, 7) is 1.90. The summed E-state index contributed by atoms with van der Waals surface area (Å²) in [6.07, 6.45) is 5.01. The molecule has 2 aromatic heterocycles. The fourth-order valence-corrected chi connectivity index (χ4v) is 6.20. The smallest absolute Gasteiger partial charge is 0.531 e. The molecule has 3 heterocycles. The third-order valence-electron chi connectivity index (χ3n) is 5.89. The molecule has 5 rings (SSSR count). The van der Waals surface area contributed by atoms with Crippen molar-refractivity contribution in [2.24, 2.45) is 11.8 Å². The van der Waals surface area contributed by atoms with Gasteiger partial charge in [0.05, 0.1) is 16.8 Å². The van der Waals surface area contributed by atoms with Gasteiger partial charge < -0.3 is 14.7 Å². The fraction of sp³-hybridized carbons (Fsp3) is 0.286. The Kier molecular flexibility index (Phi) is 4.29. The number of rotatable bonds is 4. The highest BCUT2D eigenvalue weighted by Crippen LogP contribution is 2.48. The number of aromatic amines is 1. The SMILES string of the molecule is Cc1cccc(S(=O)(=O)CC2CC(C3=CB(O)Oc4cnc5[nH]ccc5c43)C2)c1. The van der Waals surface area contributed by atoms with Crippen molar-refractivity contribution in [2.75, 3.05) is 5.75 Å². The molecule has 3 aromatic rings. The number of benzene rings is 1. The predicted octanol–water partition coefficient (Wildman–Crippen LogP) is 3.17. The van der Waals surface area contributed by atoms with Crippen LogP contribution < -0.4 is 4.65 Å². The van der Waals surface area contributed by atoms with Crippen LogP contribution in [0.25, 0.3) is 16.6 Å². The number of sulfone groups is 1. The molecule has 0 atom stereocenters. The maximum absolute atomic E-state index is 12.8. The first-order chi connectivity index (χ1) is 13.9.